The minimum absolute atomic E-state index is 0.241. The average Bonchev–Trinajstić information content (AvgIpc) is 3.08. The quantitative estimate of drug-likeness (QED) is 0.512. The van der Waals surface area contributed by atoms with E-state index in [0.717, 1.165) is 16.1 Å². The van der Waals surface area contributed by atoms with Crippen molar-refractivity contribution in [3.63, 3.8) is 0 Å². The highest BCUT2D eigenvalue weighted by Gasteiger charge is 2.19. The number of carbonyl (C=O) groups is 1. The molecule has 1 aromatic carbocycles. The third-order valence-corrected chi connectivity index (χ3v) is 5.43. The van der Waals surface area contributed by atoms with Crippen LogP contribution in [-0.4, -0.2) is 32.3 Å². The number of methoxy groups -OCH3 is 1. The lowest BCUT2D eigenvalue weighted by Crippen LogP contribution is -2.14. The molecule has 1 amide bonds. The number of hydrogen-bond acceptors (Lipinski definition) is 7. The van der Waals surface area contributed by atoms with Gasteiger partial charge in [-0.2, -0.15) is 4.37 Å². The fourth-order valence-electron chi connectivity index (χ4n) is 2.87. The number of carbonyl (C=O) groups excluding carboxylic acids is 1. The first-order valence-electron chi connectivity index (χ1n) is 8.71. The molecule has 3 heterocycles. The molecule has 4 rings (SSSR count). The van der Waals surface area contributed by atoms with Gasteiger partial charge in [0.05, 0.1) is 47.0 Å². The maximum Gasteiger partial charge on any atom is 0.258 e. The molecule has 0 aliphatic rings. The number of benzene rings is 1. The van der Waals surface area contributed by atoms with Crippen LogP contribution in [-0.2, 0) is 6.42 Å². The third-order valence-electron chi connectivity index (χ3n) is 4.26. The zero-order chi connectivity index (χ0) is 20.4. The minimum atomic E-state index is -0.241. The Kier molecular flexibility index (Phi) is 5.37. The Labute approximate surface area is 175 Å². The summed E-state index contributed by atoms with van der Waals surface area (Å²) >= 11 is 7.34. The maximum atomic E-state index is 12.9. The van der Waals surface area contributed by atoms with E-state index in [0.29, 0.717) is 39.8 Å². The van der Waals surface area contributed by atoms with E-state index in [1.54, 1.807) is 36.7 Å². The number of nitrogens with one attached hydrogen (secondary N) is 1. The monoisotopic (exact) mass is 425 g/mol. The number of rotatable bonds is 5. The van der Waals surface area contributed by atoms with Crippen LogP contribution in [0.1, 0.15) is 26.6 Å². The van der Waals surface area contributed by atoms with E-state index >= 15 is 0 Å². The zero-order valence-corrected chi connectivity index (χ0v) is 17.2. The highest BCUT2D eigenvalue weighted by atomic mass is 35.5. The van der Waals surface area contributed by atoms with Crippen LogP contribution >= 0.6 is 23.1 Å². The lowest BCUT2D eigenvalue weighted by molar-refractivity contribution is 0.102. The molecule has 0 radical (unpaired) electrons. The Morgan fingerprint density at radius 2 is 2.03 bits per heavy atom. The van der Waals surface area contributed by atoms with Crippen LogP contribution in [0.4, 0.5) is 5.69 Å². The molecular formula is C20H16ClN5O2S. The number of anilines is 1. The number of fused-ring (bicyclic) bond motifs is 1. The van der Waals surface area contributed by atoms with Crippen LogP contribution in [0.15, 0.2) is 42.7 Å². The van der Waals surface area contributed by atoms with E-state index in [9.17, 15) is 4.79 Å². The van der Waals surface area contributed by atoms with Crippen molar-refractivity contribution in [2.24, 2.45) is 0 Å². The number of aromatic nitrogens is 4. The summed E-state index contributed by atoms with van der Waals surface area (Å²) in [6.07, 6.45) is 3.70. The average molecular weight is 426 g/mol. The standard InChI is InChI=1S/C20H16ClN5O2S/c1-11-19(20(27)25-13-4-6-18(28-2)23-9-13)17(29-26-11)8-14-10-22-15-5-3-12(21)7-16(15)24-14/h3-7,9-10H,8H2,1-2H3,(H,25,27). The van der Waals surface area contributed by atoms with Crippen LogP contribution in [0.5, 0.6) is 5.88 Å². The maximum absolute atomic E-state index is 12.9. The Bertz CT molecular complexity index is 1190. The molecule has 146 valence electrons. The van der Waals surface area contributed by atoms with Gasteiger partial charge in [0.1, 0.15) is 0 Å². The number of halogens is 1. The van der Waals surface area contributed by atoms with Crippen molar-refractivity contribution < 1.29 is 9.53 Å². The second kappa shape index (κ2) is 8.10. The summed E-state index contributed by atoms with van der Waals surface area (Å²) in [5.74, 6) is 0.238. The van der Waals surface area contributed by atoms with E-state index in [1.807, 2.05) is 13.0 Å². The number of ether oxygens (including phenoxy) is 1. The van der Waals surface area contributed by atoms with Gasteiger partial charge in [0.25, 0.3) is 5.91 Å². The number of hydrogen-bond donors (Lipinski definition) is 1. The normalized spacial score (nSPS) is 10.9. The predicted molar refractivity (Wildman–Crippen MR) is 113 cm³/mol. The first-order chi connectivity index (χ1) is 14.0. The van der Waals surface area contributed by atoms with Crippen molar-refractivity contribution in [2.75, 3.05) is 12.4 Å². The Morgan fingerprint density at radius 3 is 2.79 bits per heavy atom. The van der Waals surface area contributed by atoms with Crippen LogP contribution in [0, 0.1) is 6.92 Å². The van der Waals surface area contributed by atoms with Crippen molar-refractivity contribution in [3.05, 3.63) is 69.6 Å². The molecule has 3 aromatic heterocycles. The Balaban J connectivity index is 1.58. The van der Waals surface area contributed by atoms with Gasteiger partial charge in [0.15, 0.2) is 0 Å². The van der Waals surface area contributed by atoms with Gasteiger partial charge in [-0.1, -0.05) is 11.6 Å². The predicted octanol–water partition coefficient (Wildman–Crippen LogP) is 4.29. The smallest absolute Gasteiger partial charge is 0.258 e. The number of pyridine rings is 1. The highest BCUT2D eigenvalue weighted by molar-refractivity contribution is 7.06. The third kappa shape index (κ3) is 4.18. The molecule has 0 bridgehead atoms. The summed E-state index contributed by atoms with van der Waals surface area (Å²) in [6, 6.07) is 8.80. The van der Waals surface area contributed by atoms with Crippen molar-refractivity contribution in [2.45, 2.75) is 13.3 Å². The second-order valence-corrected chi connectivity index (χ2v) is 7.58. The number of aryl methyl sites for hydroxylation is 1. The van der Waals surface area contributed by atoms with Gasteiger partial charge in [0.2, 0.25) is 5.88 Å². The first-order valence-corrected chi connectivity index (χ1v) is 9.86. The van der Waals surface area contributed by atoms with Gasteiger partial charge < -0.3 is 10.1 Å². The van der Waals surface area contributed by atoms with Gasteiger partial charge in [-0.3, -0.25) is 9.78 Å². The van der Waals surface area contributed by atoms with Gasteiger partial charge in [-0.25, -0.2) is 9.97 Å². The lowest BCUT2D eigenvalue weighted by Gasteiger charge is -2.07. The van der Waals surface area contributed by atoms with Crippen LogP contribution in [0.25, 0.3) is 11.0 Å². The summed E-state index contributed by atoms with van der Waals surface area (Å²) in [7, 11) is 1.54. The first kappa shape index (κ1) is 19.2. The van der Waals surface area contributed by atoms with Gasteiger partial charge in [0, 0.05) is 28.6 Å². The number of nitrogens with zero attached hydrogens (tertiary/aromatic N) is 4. The summed E-state index contributed by atoms with van der Waals surface area (Å²) in [5, 5.41) is 3.46. The summed E-state index contributed by atoms with van der Waals surface area (Å²) < 4.78 is 9.39. The van der Waals surface area contributed by atoms with Crippen molar-refractivity contribution in [1.29, 1.82) is 0 Å². The molecule has 7 nitrogen and oxygen atoms in total. The molecule has 4 aromatic rings. The van der Waals surface area contributed by atoms with Gasteiger partial charge >= 0.3 is 0 Å². The topological polar surface area (TPSA) is 89.9 Å². The largest absolute Gasteiger partial charge is 0.481 e. The Hall–Kier alpha value is -3.10. The minimum Gasteiger partial charge on any atom is -0.481 e. The van der Waals surface area contributed by atoms with Crippen molar-refractivity contribution in [1.82, 2.24) is 19.3 Å². The zero-order valence-electron chi connectivity index (χ0n) is 15.6. The van der Waals surface area contributed by atoms with E-state index in [-0.39, 0.29) is 5.91 Å². The molecule has 0 aliphatic carbocycles. The molecule has 1 N–H and O–H groups in total. The highest BCUT2D eigenvalue weighted by Crippen LogP contribution is 2.24. The molecule has 9 heteroatoms. The Morgan fingerprint density at radius 1 is 1.17 bits per heavy atom. The second-order valence-electron chi connectivity index (χ2n) is 6.28. The van der Waals surface area contributed by atoms with Crippen molar-refractivity contribution >= 4 is 45.8 Å². The molecular weight excluding hydrogens is 410 g/mol. The van der Waals surface area contributed by atoms with Gasteiger partial charge in [-0.15, -0.1) is 0 Å². The van der Waals surface area contributed by atoms with Crippen LogP contribution in [0.2, 0.25) is 5.02 Å². The molecule has 0 fully saturated rings. The van der Waals surface area contributed by atoms with Gasteiger partial charge in [-0.05, 0) is 42.7 Å². The summed E-state index contributed by atoms with van der Waals surface area (Å²) in [6.45, 7) is 1.81. The summed E-state index contributed by atoms with van der Waals surface area (Å²) in [5.41, 5.74) is 4.01. The summed E-state index contributed by atoms with van der Waals surface area (Å²) in [4.78, 5) is 26.8. The molecule has 0 spiro atoms. The molecule has 0 atom stereocenters. The molecule has 0 saturated carbocycles. The van der Waals surface area contributed by atoms with E-state index in [4.69, 9.17) is 16.3 Å². The fourth-order valence-corrected chi connectivity index (χ4v) is 3.92. The van der Waals surface area contributed by atoms with Crippen LogP contribution in [0.3, 0.4) is 0 Å². The SMILES string of the molecule is COc1ccc(NC(=O)c2c(C)nsc2Cc2cnc3ccc(Cl)cc3n2)cn1. The molecule has 0 saturated heterocycles. The number of amides is 1. The van der Waals surface area contributed by atoms with E-state index < -0.39 is 0 Å². The lowest BCUT2D eigenvalue weighted by atomic mass is 10.1. The molecule has 29 heavy (non-hydrogen) atoms. The van der Waals surface area contributed by atoms with E-state index in [1.165, 1.54) is 18.6 Å². The molecule has 0 aliphatic heterocycles. The molecule has 0 unspecified atom stereocenters. The van der Waals surface area contributed by atoms with Crippen LogP contribution < -0.4 is 10.1 Å². The van der Waals surface area contributed by atoms with E-state index in [2.05, 4.69) is 24.6 Å². The van der Waals surface area contributed by atoms with Crippen molar-refractivity contribution in [3.8, 4) is 5.88 Å². The fraction of sp³-hybridized carbons (Fsp3) is 0.150.